The number of nitrogens with zero attached hydrogens (tertiary/aromatic N) is 3. The molecule has 0 fully saturated rings. The van der Waals surface area contributed by atoms with Gasteiger partial charge in [0.15, 0.2) is 0 Å². The van der Waals surface area contributed by atoms with Crippen LogP contribution in [-0.2, 0) is 4.79 Å². The molecule has 0 radical (unpaired) electrons. The maximum atomic E-state index is 13.7. The Bertz CT molecular complexity index is 1450. The summed E-state index contributed by atoms with van der Waals surface area (Å²) in [6, 6.07) is 24.7. The third-order valence-corrected chi connectivity index (χ3v) is 6.99. The largest absolute Gasteiger partial charge is 0.457 e. The fourth-order valence-electron chi connectivity index (χ4n) is 4.28. The summed E-state index contributed by atoms with van der Waals surface area (Å²) in [5, 5.41) is 11.9. The number of rotatable bonds is 8. The second-order valence-electron chi connectivity index (χ2n) is 8.89. The average molecular weight is 512 g/mol. The van der Waals surface area contributed by atoms with Crippen molar-refractivity contribution in [3.8, 4) is 11.5 Å². The van der Waals surface area contributed by atoms with E-state index in [1.54, 1.807) is 16.4 Å². The maximum Gasteiger partial charge on any atom is 0.255 e. The number of carbonyl (C=O) groups is 1. The number of anilines is 2. The fraction of sp³-hybridized carbons (Fsp3) is 0.207. The molecule has 1 aliphatic heterocycles. The SMILES string of the molecule is CCCSc1nc2n(n1)C(c1cccc(Oc3ccccc3)c1)C(C(=O)Nc1cccc(C)c1)=C(C)N2. The second kappa shape index (κ2) is 10.9. The molecule has 1 aromatic heterocycles. The molecule has 4 aromatic rings. The van der Waals surface area contributed by atoms with Gasteiger partial charge in [0.25, 0.3) is 5.91 Å². The Hall–Kier alpha value is -4.04. The highest BCUT2D eigenvalue weighted by atomic mass is 32.2. The Morgan fingerprint density at radius 3 is 2.59 bits per heavy atom. The van der Waals surface area contributed by atoms with Gasteiger partial charge in [-0.05, 0) is 67.8 Å². The van der Waals surface area contributed by atoms with Crippen molar-refractivity contribution in [1.82, 2.24) is 14.8 Å². The Balaban J connectivity index is 1.55. The zero-order valence-electron chi connectivity index (χ0n) is 21.1. The molecular weight excluding hydrogens is 482 g/mol. The van der Waals surface area contributed by atoms with Gasteiger partial charge in [0, 0.05) is 17.1 Å². The van der Waals surface area contributed by atoms with Crippen molar-refractivity contribution in [1.29, 1.82) is 0 Å². The highest BCUT2D eigenvalue weighted by Crippen LogP contribution is 2.38. The maximum absolute atomic E-state index is 13.7. The van der Waals surface area contributed by atoms with Crippen molar-refractivity contribution >= 4 is 29.3 Å². The summed E-state index contributed by atoms with van der Waals surface area (Å²) in [5.74, 6) is 2.76. The number of allylic oxidation sites excluding steroid dienone is 1. The van der Waals surface area contributed by atoms with Crippen molar-refractivity contribution in [3.05, 3.63) is 101 Å². The van der Waals surface area contributed by atoms with Gasteiger partial charge in [-0.3, -0.25) is 4.79 Å². The van der Waals surface area contributed by atoms with Crippen molar-refractivity contribution in [2.24, 2.45) is 0 Å². The number of thioether (sulfide) groups is 1. The van der Waals surface area contributed by atoms with Crippen molar-refractivity contribution in [2.45, 2.75) is 38.4 Å². The standard InChI is InChI=1S/C29H29N5O2S/c1-4-16-37-29-32-28-30-20(3)25(27(35)31-22-12-8-10-19(2)17-22)26(34(28)33-29)21-11-9-15-24(18-21)36-23-13-6-5-7-14-23/h5-15,17-18,26H,4,16H2,1-3H3,(H,31,35)(H,30,32,33). The Labute approximate surface area is 221 Å². The zero-order valence-corrected chi connectivity index (χ0v) is 21.9. The molecule has 2 heterocycles. The monoisotopic (exact) mass is 511 g/mol. The predicted octanol–water partition coefficient (Wildman–Crippen LogP) is 6.81. The molecule has 0 saturated carbocycles. The number of benzene rings is 3. The van der Waals surface area contributed by atoms with Gasteiger partial charge in [-0.25, -0.2) is 4.68 Å². The smallest absolute Gasteiger partial charge is 0.255 e. The lowest BCUT2D eigenvalue weighted by molar-refractivity contribution is -0.113. The number of fused-ring (bicyclic) bond motifs is 1. The van der Waals surface area contributed by atoms with Crippen LogP contribution >= 0.6 is 11.8 Å². The van der Waals surface area contributed by atoms with Crippen molar-refractivity contribution < 1.29 is 9.53 Å². The van der Waals surface area contributed by atoms with Gasteiger partial charge < -0.3 is 15.4 Å². The molecule has 2 N–H and O–H groups in total. The molecule has 1 atom stereocenters. The Morgan fingerprint density at radius 2 is 1.81 bits per heavy atom. The van der Waals surface area contributed by atoms with Crippen molar-refractivity contribution in [3.63, 3.8) is 0 Å². The van der Waals surface area contributed by atoms with Gasteiger partial charge in [-0.15, -0.1) is 5.10 Å². The van der Waals surface area contributed by atoms with Gasteiger partial charge in [-0.2, -0.15) is 4.98 Å². The zero-order chi connectivity index (χ0) is 25.8. The van der Waals surface area contributed by atoms with Gasteiger partial charge in [-0.1, -0.05) is 61.2 Å². The normalized spacial score (nSPS) is 14.6. The number of aromatic nitrogens is 3. The van der Waals surface area contributed by atoms with Gasteiger partial charge in [0.2, 0.25) is 11.1 Å². The van der Waals surface area contributed by atoms with E-state index in [9.17, 15) is 4.79 Å². The molecular formula is C29H29N5O2S. The van der Waals surface area contributed by atoms with E-state index in [1.807, 2.05) is 92.7 Å². The van der Waals surface area contributed by atoms with Gasteiger partial charge >= 0.3 is 0 Å². The minimum atomic E-state index is -0.483. The van der Waals surface area contributed by atoms with E-state index in [0.29, 0.717) is 22.4 Å². The van der Waals surface area contributed by atoms with Crippen LogP contribution in [0.1, 0.15) is 37.4 Å². The molecule has 0 bridgehead atoms. The van der Waals surface area contributed by atoms with Crippen LogP contribution in [-0.4, -0.2) is 26.4 Å². The van der Waals surface area contributed by atoms with E-state index in [2.05, 4.69) is 17.6 Å². The van der Waals surface area contributed by atoms with E-state index in [4.69, 9.17) is 14.8 Å². The lowest BCUT2D eigenvalue weighted by atomic mass is 9.94. The second-order valence-corrected chi connectivity index (χ2v) is 9.95. The summed E-state index contributed by atoms with van der Waals surface area (Å²) in [5.41, 5.74) is 4.00. The van der Waals surface area contributed by atoms with E-state index < -0.39 is 6.04 Å². The first-order chi connectivity index (χ1) is 18.0. The van der Waals surface area contributed by atoms with E-state index in [0.717, 1.165) is 40.4 Å². The number of hydrogen-bond donors (Lipinski definition) is 2. The van der Waals surface area contributed by atoms with E-state index in [-0.39, 0.29) is 5.91 Å². The van der Waals surface area contributed by atoms with E-state index in [1.165, 1.54) is 0 Å². The summed E-state index contributed by atoms with van der Waals surface area (Å²) in [4.78, 5) is 18.4. The third-order valence-electron chi connectivity index (χ3n) is 5.94. The van der Waals surface area contributed by atoms with Crippen LogP contribution in [0.3, 0.4) is 0 Å². The van der Waals surface area contributed by atoms with Gasteiger partial charge in [0.05, 0.1) is 5.57 Å². The van der Waals surface area contributed by atoms with E-state index >= 15 is 0 Å². The number of aryl methyl sites for hydroxylation is 1. The molecule has 1 amide bonds. The molecule has 1 unspecified atom stereocenters. The lowest BCUT2D eigenvalue weighted by Gasteiger charge is -2.29. The minimum Gasteiger partial charge on any atom is -0.457 e. The average Bonchev–Trinajstić information content (AvgIpc) is 3.29. The molecule has 5 rings (SSSR count). The van der Waals surface area contributed by atoms with Crippen molar-refractivity contribution in [2.75, 3.05) is 16.4 Å². The molecule has 3 aromatic carbocycles. The number of amides is 1. The van der Waals surface area contributed by atoms with Crippen LogP contribution in [0, 0.1) is 6.92 Å². The molecule has 7 nitrogen and oxygen atoms in total. The number of ether oxygens (including phenoxy) is 1. The van der Waals surface area contributed by atoms with Crippen LogP contribution in [0.2, 0.25) is 0 Å². The highest BCUT2D eigenvalue weighted by Gasteiger charge is 2.34. The molecule has 37 heavy (non-hydrogen) atoms. The predicted molar refractivity (Wildman–Crippen MR) is 148 cm³/mol. The quantitative estimate of drug-likeness (QED) is 0.253. The summed E-state index contributed by atoms with van der Waals surface area (Å²) in [6.45, 7) is 6.03. The summed E-state index contributed by atoms with van der Waals surface area (Å²) in [7, 11) is 0. The number of hydrogen-bond acceptors (Lipinski definition) is 6. The van der Waals surface area contributed by atoms with Crippen LogP contribution in [0.5, 0.6) is 11.5 Å². The first-order valence-corrected chi connectivity index (χ1v) is 13.3. The molecule has 188 valence electrons. The molecule has 0 saturated heterocycles. The molecule has 1 aliphatic rings. The van der Waals surface area contributed by atoms with Crippen LogP contribution in [0.4, 0.5) is 11.6 Å². The minimum absolute atomic E-state index is 0.195. The molecule has 0 spiro atoms. The fourth-order valence-corrected chi connectivity index (χ4v) is 4.97. The van der Waals surface area contributed by atoms with Crippen LogP contribution < -0.4 is 15.4 Å². The van der Waals surface area contributed by atoms with Crippen LogP contribution in [0.15, 0.2) is 95.3 Å². The summed E-state index contributed by atoms with van der Waals surface area (Å²) in [6.07, 6.45) is 1.02. The first kappa shape index (κ1) is 24.6. The lowest BCUT2D eigenvalue weighted by Crippen LogP contribution is -2.31. The Kier molecular flexibility index (Phi) is 7.28. The third kappa shape index (κ3) is 5.54. The molecule has 8 heteroatoms. The number of nitrogens with one attached hydrogen (secondary N) is 2. The summed E-state index contributed by atoms with van der Waals surface area (Å²) >= 11 is 1.60. The number of carbonyl (C=O) groups excluding carboxylic acids is 1. The topological polar surface area (TPSA) is 81.1 Å². The van der Waals surface area contributed by atoms with Crippen LogP contribution in [0.25, 0.3) is 0 Å². The highest BCUT2D eigenvalue weighted by molar-refractivity contribution is 7.99. The molecule has 0 aliphatic carbocycles. The first-order valence-electron chi connectivity index (χ1n) is 12.3. The number of para-hydroxylation sites is 1. The Morgan fingerprint density at radius 1 is 1.03 bits per heavy atom. The summed E-state index contributed by atoms with van der Waals surface area (Å²) < 4.78 is 7.91. The van der Waals surface area contributed by atoms with Gasteiger partial charge in [0.1, 0.15) is 17.5 Å².